The molecule has 1 aliphatic rings. The van der Waals surface area contributed by atoms with Crippen LogP contribution in [0.25, 0.3) is 0 Å². The van der Waals surface area contributed by atoms with Gasteiger partial charge in [0.15, 0.2) is 0 Å². The van der Waals surface area contributed by atoms with Crippen LogP contribution < -0.4 is 15.8 Å². The summed E-state index contributed by atoms with van der Waals surface area (Å²) >= 11 is 0. The average molecular weight is 265 g/mol. The van der Waals surface area contributed by atoms with Crippen LogP contribution in [0.15, 0.2) is 12.1 Å². The minimum absolute atomic E-state index is 0.0257. The van der Waals surface area contributed by atoms with Gasteiger partial charge >= 0.3 is 0 Å². The quantitative estimate of drug-likeness (QED) is 0.826. The highest BCUT2D eigenvalue weighted by Crippen LogP contribution is 2.35. The summed E-state index contributed by atoms with van der Waals surface area (Å²) in [6.45, 7) is 4.67. The van der Waals surface area contributed by atoms with E-state index in [9.17, 15) is 0 Å². The molecule has 2 rings (SSSR count). The molecule has 0 amide bonds. The topological polar surface area (TPSA) is 69.4 Å². The van der Waals surface area contributed by atoms with Crippen molar-refractivity contribution in [1.29, 1.82) is 0 Å². The molecule has 19 heavy (non-hydrogen) atoms. The summed E-state index contributed by atoms with van der Waals surface area (Å²) in [6.07, 6.45) is 3.48. The van der Waals surface area contributed by atoms with Gasteiger partial charge in [-0.15, -0.1) is 0 Å². The number of ether oxygens (including phenoxy) is 2. The lowest BCUT2D eigenvalue weighted by molar-refractivity contribution is -0.0601. The van der Waals surface area contributed by atoms with E-state index in [1.54, 1.807) is 7.11 Å². The van der Waals surface area contributed by atoms with E-state index in [-0.39, 0.29) is 11.7 Å². The highest BCUT2D eigenvalue weighted by atomic mass is 16.5. The van der Waals surface area contributed by atoms with Crippen molar-refractivity contribution in [2.24, 2.45) is 0 Å². The van der Waals surface area contributed by atoms with Gasteiger partial charge in [-0.2, -0.15) is 4.98 Å². The van der Waals surface area contributed by atoms with Crippen molar-refractivity contribution >= 4 is 11.5 Å². The first-order valence-corrected chi connectivity index (χ1v) is 6.77. The molecule has 3 N–H and O–H groups in total. The van der Waals surface area contributed by atoms with Gasteiger partial charge in [0, 0.05) is 13.7 Å². The second-order valence-electron chi connectivity index (χ2n) is 5.35. The van der Waals surface area contributed by atoms with Gasteiger partial charge < -0.3 is 20.5 Å². The predicted molar refractivity (Wildman–Crippen MR) is 76.5 cm³/mol. The summed E-state index contributed by atoms with van der Waals surface area (Å²) in [7, 11) is 1.77. The van der Waals surface area contributed by atoms with E-state index in [0.717, 1.165) is 25.2 Å². The molecule has 0 atom stereocenters. The number of hydrogen-bond donors (Lipinski definition) is 2. The number of hydrogen-bond acceptors (Lipinski definition) is 5. The molecule has 0 spiro atoms. The Morgan fingerprint density at radius 3 is 2.68 bits per heavy atom. The van der Waals surface area contributed by atoms with Gasteiger partial charge in [0.2, 0.25) is 5.88 Å². The summed E-state index contributed by atoms with van der Waals surface area (Å²) in [6, 6.07) is 3.68. The van der Waals surface area contributed by atoms with E-state index in [1.165, 1.54) is 6.42 Å². The van der Waals surface area contributed by atoms with Crippen LogP contribution in [0.5, 0.6) is 5.88 Å². The van der Waals surface area contributed by atoms with Crippen LogP contribution in [0.3, 0.4) is 0 Å². The van der Waals surface area contributed by atoms with Crippen molar-refractivity contribution in [1.82, 2.24) is 4.98 Å². The molecule has 5 heteroatoms. The molecule has 0 unspecified atom stereocenters. The summed E-state index contributed by atoms with van der Waals surface area (Å²) in [5.41, 5.74) is 6.38. The van der Waals surface area contributed by atoms with Crippen molar-refractivity contribution in [2.75, 3.05) is 24.7 Å². The van der Waals surface area contributed by atoms with Crippen LogP contribution in [0.2, 0.25) is 0 Å². The molecule has 1 saturated carbocycles. The van der Waals surface area contributed by atoms with Crippen molar-refractivity contribution in [3.8, 4) is 5.88 Å². The maximum Gasteiger partial charge on any atom is 0.239 e. The van der Waals surface area contributed by atoms with Gasteiger partial charge in [-0.1, -0.05) is 0 Å². The SMILES string of the molecule is COC1(CNc2ccc(N)c(OC(C)C)n2)CCC1. The lowest BCUT2D eigenvalue weighted by Crippen LogP contribution is -2.45. The molecule has 0 aliphatic heterocycles. The molecule has 106 valence electrons. The summed E-state index contributed by atoms with van der Waals surface area (Å²) in [5.74, 6) is 1.26. The van der Waals surface area contributed by atoms with Gasteiger partial charge in [0.05, 0.1) is 17.4 Å². The minimum atomic E-state index is -0.0257. The van der Waals surface area contributed by atoms with Crippen molar-refractivity contribution in [3.63, 3.8) is 0 Å². The fourth-order valence-electron chi connectivity index (χ4n) is 2.14. The maximum absolute atomic E-state index is 5.84. The Labute approximate surface area is 114 Å². The third-order valence-corrected chi connectivity index (χ3v) is 3.53. The van der Waals surface area contributed by atoms with E-state index >= 15 is 0 Å². The second-order valence-corrected chi connectivity index (χ2v) is 5.35. The molecule has 0 bridgehead atoms. The smallest absolute Gasteiger partial charge is 0.239 e. The molecule has 0 saturated heterocycles. The Bertz CT molecular complexity index is 425. The average Bonchev–Trinajstić information content (AvgIpc) is 2.31. The van der Waals surface area contributed by atoms with Crippen LogP contribution >= 0.6 is 0 Å². The van der Waals surface area contributed by atoms with Crippen molar-refractivity contribution in [2.45, 2.75) is 44.8 Å². The van der Waals surface area contributed by atoms with Crippen molar-refractivity contribution in [3.05, 3.63) is 12.1 Å². The Hall–Kier alpha value is -1.49. The molecule has 1 aliphatic carbocycles. The molecular weight excluding hydrogens is 242 g/mol. The van der Waals surface area contributed by atoms with Gasteiger partial charge in [-0.05, 0) is 45.2 Å². The third kappa shape index (κ3) is 3.29. The van der Waals surface area contributed by atoms with Crippen molar-refractivity contribution < 1.29 is 9.47 Å². The monoisotopic (exact) mass is 265 g/mol. The lowest BCUT2D eigenvalue weighted by atomic mass is 9.80. The van der Waals surface area contributed by atoms with E-state index in [1.807, 2.05) is 26.0 Å². The molecule has 1 fully saturated rings. The number of pyridine rings is 1. The zero-order chi connectivity index (χ0) is 13.9. The highest BCUT2D eigenvalue weighted by molar-refractivity contribution is 5.53. The highest BCUT2D eigenvalue weighted by Gasteiger charge is 2.36. The number of methoxy groups -OCH3 is 1. The molecule has 1 aromatic rings. The van der Waals surface area contributed by atoms with Crippen LogP contribution in [0.1, 0.15) is 33.1 Å². The van der Waals surface area contributed by atoms with Gasteiger partial charge in [-0.3, -0.25) is 0 Å². The molecule has 1 aromatic heterocycles. The van der Waals surface area contributed by atoms with E-state index in [2.05, 4.69) is 10.3 Å². The maximum atomic E-state index is 5.84. The first-order valence-electron chi connectivity index (χ1n) is 6.77. The fraction of sp³-hybridized carbons (Fsp3) is 0.643. The van der Waals surface area contributed by atoms with E-state index < -0.39 is 0 Å². The zero-order valence-electron chi connectivity index (χ0n) is 11.9. The van der Waals surface area contributed by atoms with Crippen LogP contribution in [-0.2, 0) is 4.74 Å². The first-order chi connectivity index (χ1) is 9.04. The summed E-state index contributed by atoms with van der Waals surface area (Å²) < 4.78 is 11.1. The van der Waals surface area contributed by atoms with E-state index in [0.29, 0.717) is 11.6 Å². The largest absolute Gasteiger partial charge is 0.473 e. The van der Waals surface area contributed by atoms with E-state index in [4.69, 9.17) is 15.2 Å². The summed E-state index contributed by atoms with van der Waals surface area (Å²) in [4.78, 5) is 4.39. The van der Waals surface area contributed by atoms with Gasteiger partial charge in [0.25, 0.3) is 0 Å². The number of nitrogens with zero attached hydrogens (tertiary/aromatic N) is 1. The normalized spacial score (nSPS) is 17.1. The van der Waals surface area contributed by atoms with Crippen LogP contribution in [-0.4, -0.2) is 30.3 Å². The van der Waals surface area contributed by atoms with Crippen LogP contribution in [0.4, 0.5) is 11.5 Å². The number of nitrogens with two attached hydrogens (primary N) is 1. The first kappa shape index (κ1) is 13.9. The lowest BCUT2D eigenvalue weighted by Gasteiger charge is -2.40. The number of nitrogen functional groups attached to an aromatic ring is 1. The minimum Gasteiger partial charge on any atom is -0.473 e. The number of nitrogens with one attached hydrogen (secondary N) is 1. The Morgan fingerprint density at radius 2 is 2.16 bits per heavy atom. The number of anilines is 2. The van der Waals surface area contributed by atoms with Crippen LogP contribution in [0, 0.1) is 0 Å². The standard InChI is InChI=1S/C14H23N3O2/c1-10(2)19-13-11(15)5-6-12(17-13)16-9-14(18-3)7-4-8-14/h5-6,10H,4,7-9,15H2,1-3H3,(H,16,17). The second kappa shape index (κ2) is 5.65. The zero-order valence-corrected chi connectivity index (χ0v) is 11.9. The van der Waals surface area contributed by atoms with Gasteiger partial charge in [0.1, 0.15) is 5.82 Å². The molecular formula is C14H23N3O2. The van der Waals surface area contributed by atoms with Gasteiger partial charge in [-0.25, -0.2) is 0 Å². The predicted octanol–water partition coefficient (Wildman–Crippen LogP) is 2.43. The molecule has 5 nitrogen and oxygen atoms in total. The Kier molecular flexibility index (Phi) is 4.14. The third-order valence-electron chi connectivity index (χ3n) is 3.53. The summed E-state index contributed by atoms with van der Waals surface area (Å²) in [5, 5.41) is 3.31. The Morgan fingerprint density at radius 1 is 1.42 bits per heavy atom. The number of aromatic nitrogens is 1. The molecule has 0 radical (unpaired) electrons. The Balaban J connectivity index is 2.00. The fourth-order valence-corrected chi connectivity index (χ4v) is 2.14. The number of rotatable bonds is 6. The molecule has 1 heterocycles. The molecule has 0 aromatic carbocycles.